The Bertz CT molecular complexity index is 723. The number of rotatable bonds is 2. The highest BCUT2D eigenvalue weighted by Crippen LogP contribution is 2.34. The number of amides is 2. The molecular weight excluding hydrogens is 332 g/mol. The first-order valence-corrected chi connectivity index (χ1v) is 9.76. The van der Waals surface area contributed by atoms with Crippen molar-refractivity contribution in [3.8, 4) is 0 Å². The zero-order valence-corrected chi connectivity index (χ0v) is 15.8. The normalized spacial score (nSPS) is 26.1. The predicted molar refractivity (Wildman–Crippen MR) is 95.9 cm³/mol. The quantitative estimate of drug-likeness (QED) is 0.794. The molecule has 26 heavy (non-hydrogen) atoms. The number of nitrogens with zero attached hydrogens (tertiary/aromatic N) is 4. The number of ether oxygens (including phenoxy) is 1. The lowest BCUT2D eigenvalue weighted by molar-refractivity contribution is -0.144. The lowest BCUT2D eigenvalue weighted by atomic mass is 9.93. The number of hydrogen-bond donors (Lipinski definition) is 0. The van der Waals surface area contributed by atoms with Crippen molar-refractivity contribution in [3.63, 3.8) is 0 Å². The first-order chi connectivity index (χ1) is 12.5. The van der Waals surface area contributed by atoms with Crippen molar-refractivity contribution >= 4 is 11.8 Å². The van der Waals surface area contributed by atoms with Gasteiger partial charge in [0.15, 0.2) is 0 Å². The van der Waals surface area contributed by atoms with Gasteiger partial charge < -0.3 is 14.5 Å². The number of carbonyl (C=O) groups excluding carboxylic acids is 2. The number of fused-ring (bicyclic) bond motifs is 1. The second-order valence-electron chi connectivity index (χ2n) is 7.84. The van der Waals surface area contributed by atoms with E-state index in [4.69, 9.17) is 4.74 Å². The standard InChI is InChI=1S/C19H28N4O3/c1-19(18(25)22-10-12-26-13-11-22)8-5-9-23(19)17(24)16-14-6-3-4-7-15(14)20-21(16)2/h3-13H2,1-2H3/t19-/m1/s1. The fraction of sp³-hybridized carbons (Fsp3) is 0.737. The second-order valence-corrected chi connectivity index (χ2v) is 7.84. The minimum atomic E-state index is -0.764. The Morgan fingerprint density at radius 2 is 1.81 bits per heavy atom. The molecule has 0 spiro atoms. The van der Waals surface area contributed by atoms with Gasteiger partial charge in [-0.15, -0.1) is 0 Å². The van der Waals surface area contributed by atoms with Crippen LogP contribution in [-0.2, 0) is 29.4 Å². The number of hydrogen-bond acceptors (Lipinski definition) is 4. The summed E-state index contributed by atoms with van der Waals surface area (Å²) in [7, 11) is 1.85. The number of carbonyl (C=O) groups is 2. The molecule has 3 heterocycles. The molecule has 2 aliphatic heterocycles. The molecular formula is C19H28N4O3. The van der Waals surface area contributed by atoms with Crippen LogP contribution in [0.15, 0.2) is 0 Å². The van der Waals surface area contributed by atoms with E-state index in [2.05, 4.69) is 5.10 Å². The maximum absolute atomic E-state index is 13.5. The van der Waals surface area contributed by atoms with Crippen LogP contribution in [0.4, 0.5) is 0 Å². The Hall–Kier alpha value is -1.89. The maximum Gasteiger partial charge on any atom is 0.273 e. The molecule has 0 aromatic carbocycles. The molecule has 1 atom stereocenters. The Morgan fingerprint density at radius 1 is 1.08 bits per heavy atom. The first kappa shape index (κ1) is 17.5. The van der Waals surface area contributed by atoms with E-state index >= 15 is 0 Å². The van der Waals surface area contributed by atoms with Gasteiger partial charge in [-0.1, -0.05) is 0 Å². The van der Waals surface area contributed by atoms with E-state index in [0.29, 0.717) is 38.5 Å². The van der Waals surface area contributed by atoms with Crippen LogP contribution in [0.1, 0.15) is 54.4 Å². The SMILES string of the molecule is Cn1nc2c(c1C(=O)N1CCC[C@]1(C)C(=O)N1CCOCC1)CCCC2. The molecule has 0 saturated carbocycles. The van der Waals surface area contributed by atoms with E-state index in [1.165, 1.54) is 0 Å². The summed E-state index contributed by atoms with van der Waals surface area (Å²) >= 11 is 0. The third-order valence-electron chi connectivity index (χ3n) is 6.17. The lowest BCUT2D eigenvalue weighted by Crippen LogP contribution is -2.58. The highest BCUT2D eigenvalue weighted by molar-refractivity contribution is 5.99. The third kappa shape index (κ3) is 2.73. The highest BCUT2D eigenvalue weighted by Gasteiger charge is 2.48. The van der Waals surface area contributed by atoms with Crippen molar-refractivity contribution < 1.29 is 14.3 Å². The van der Waals surface area contributed by atoms with E-state index in [9.17, 15) is 9.59 Å². The van der Waals surface area contributed by atoms with Gasteiger partial charge in [0.05, 0.1) is 18.9 Å². The van der Waals surface area contributed by atoms with Gasteiger partial charge in [0.1, 0.15) is 11.2 Å². The molecule has 2 fully saturated rings. The Balaban J connectivity index is 1.63. The second kappa shape index (κ2) is 6.68. The predicted octanol–water partition coefficient (Wildman–Crippen LogP) is 1.15. The Morgan fingerprint density at radius 3 is 2.58 bits per heavy atom. The van der Waals surface area contributed by atoms with Crippen molar-refractivity contribution in [2.24, 2.45) is 7.05 Å². The van der Waals surface area contributed by atoms with E-state index in [-0.39, 0.29) is 11.8 Å². The largest absolute Gasteiger partial charge is 0.378 e. The molecule has 142 valence electrons. The van der Waals surface area contributed by atoms with Crippen molar-refractivity contribution in [1.82, 2.24) is 19.6 Å². The van der Waals surface area contributed by atoms with Gasteiger partial charge >= 0.3 is 0 Å². The summed E-state index contributed by atoms with van der Waals surface area (Å²) in [6.07, 6.45) is 5.66. The molecule has 0 unspecified atom stereocenters. The van der Waals surface area contributed by atoms with Crippen molar-refractivity contribution in [3.05, 3.63) is 17.0 Å². The van der Waals surface area contributed by atoms with Gasteiger partial charge in [-0.2, -0.15) is 5.10 Å². The molecule has 1 aromatic rings. The molecule has 1 aromatic heterocycles. The van der Waals surface area contributed by atoms with Crippen LogP contribution in [0, 0.1) is 0 Å². The number of likely N-dealkylation sites (tertiary alicyclic amines) is 1. The van der Waals surface area contributed by atoms with Gasteiger partial charge in [0, 0.05) is 32.2 Å². The van der Waals surface area contributed by atoms with Crippen LogP contribution in [0.2, 0.25) is 0 Å². The van der Waals surface area contributed by atoms with Crippen LogP contribution in [0.25, 0.3) is 0 Å². The molecule has 0 N–H and O–H groups in total. The van der Waals surface area contributed by atoms with Gasteiger partial charge in [0.25, 0.3) is 5.91 Å². The van der Waals surface area contributed by atoms with Crippen LogP contribution in [0.5, 0.6) is 0 Å². The summed E-state index contributed by atoms with van der Waals surface area (Å²) < 4.78 is 7.10. The van der Waals surface area contributed by atoms with Crippen molar-refractivity contribution in [2.45, 2.75) is 51.0 Å². The van der Waals surface area contributed by atoms with E-state index in [1.54, 1.807) is 9.58 Å². The number of aryl methyl sites for hydroxylation is 2. The minimum absolute atomic E-state index is 0.0373. The van der Waals surface area contributed by atoms with E-state index in [1.807, 2.05) is 18.9 Å². The summed E-state index contributed by atoms with van der Waals surface area (Å²) in [5.41, 5.74) is 2.07. The number of aromatic nitrogens is 2. The zero-order valence-electron chi connectivity index (χ0n) is 15.8. The molecule has 4 rings (SSSR count). The fourth-order valence-corrected chi connectivity index (χ4v) is 4.69. The third-order valence-corrected chi connectivity index (χ3v) is 6.17. The average Bonchev–Trinajstić information content (AvgIpc) is 3.21. The number of morpholine rings is 1. The van der Waals surface area contributed by atoms with Crippen LogP contribution in [-0.4, -0.2) is 69.8 Å². The van der Waals surface area contributed by atoms with Crippen LogP contribution < -0.4 is 0 Å². The lowest BCUT2D eigenvalue weighted by Gasteiger charge is -2.39. The fourth-order valence-electron chi connectivity index (χ4n) is 4.69. The summed E-state index contributed by atoms with van der Waals surface area (Å²) in [5, 5.41) is 4.58. The maximum atomic E-state index is 13.5. The highest BCUT2D eigenvalue weighted by atomic mass is 16.5. The van der Waals surface area contributed by atoms with E-state index < -0.39 is 5.54 Å². The molecule has 3 aliphatic rings. The summed E-state index contributed by atoms with van der Waals surface area (Å²) in [6.45, 7) is 4.93. The summed E-state index contributed by atoms with van der Waals surface area (Å²) in [4.78, 5) is 30.4. The zero-order chi connectivity index (χ0) is 18.3. The molecule has 7 nitrogen and oxygen atoms in total. The first-order valence-electron chi connectivity index (χ1n) is 9.76. The Labute approximate surface area is 154 Å². The molecule has 7 heteroatoms. The van der Waals surface area contributed by atoms with Crippen molar-refractivity contribution in [1.29, 1.82) is 0 Å². The molecule has 2 saturated heterocycles. The monoisotopic (exact) mass is 360 g/mol. The van der Waals surface area contributed by atoms with Gasteiger partial charge in [0.2, 0.25) is 5.91 Å². The van der Waals surface area contributed by atoms with E-state index in [0.717, 1.165) is 49.8 Å². The molecule has 2 amide bonds. The molecule has 1 aliphatic carbocycles. The Kier molecular flexibility index (Phi) is 4.50. The minimum Gasteiger partial charge on any atom is -0.378 e. The van der Waals surface area contributed by atoms with Crippen LogP contribution >= 0.6 is 0 Å². The summed E-state index contributed by atoms with van der Waals surface area (Å²) in [5.74, 6) is 0.0208. The van der Waals surface area contributed by atoms with Gasteiger partial charge in [-0.3, -0.25) is 14.3 Å². The topological polar surface area (TPSA) is 67.7 Å². The molecule has 0 bridgehead atoms. The van der Waals surface area contributed by atoms with Gasteiger partial charge in [-0.05, 0) is 45.4 Å². The van der Waals surface area contributed by atoms with Gasteiger partial charge in [-0.25, -0.2) is 0 Å². The smallest absolute Gasteiger partial charge is 0.273 e. The van der Waals surface area contributed by atoms with Crippen molar-refractivity contribution in [2.75, 3.05) is 32.8 Å². The molecule has 0 radical (unpaired) electrons. The average molecular weight is 360 g/mol. The summed E-state index contributed by atoms with van der Waals surface area (Å²) in [6, 6.07) is 0. The van der Waals surface area contributed by atoms with Crippen LogP contribution in [0.3, 0.4) is 0 Å².